The second kappa shape index (κ2) is 5.40. The molecule has 0 aromatic heterocycles. The zero-order chi connectivity index (χ0) is 13.4. The summed E-state index contributed by atoms with van der Waals surface area (Å²) in [6.45, 7) is 3.81. The average molecular weight is 270 g/mol. The van der Waals surface area contributed by atoms with Crippen LogP contribution in [0.1, 0.15) is 37.7 Å². The molecule has 2 heterocycles. The number of rotatable bonds is 2. The third-order valence-corrected chi connectivity index (χ3v) is 5.71. The first-order chi connectivity index (χ1) is 9.90. The minimum atomic E-state index is 0.796. The van der Waals surface area contributed by atoms with Crippen LogP contribution in [0.4, 0.5) is 5.69 Å². The van der Waals surface area contributed by atoms with E-state index in [1.165, 1.54) is 62.9 Å². The number of fused-ring (bicyclic) bond motifs is 2. The van der Waals surface area contributed by atoms with Crippen LogP contribution in [0.3, 0.4) is 0 Å². The number of anilines is 1. The van der Waals surface area contributed by atoms with Crippen LogP contribution in [-0.4, -0.2) is 30.6 Å². The summed E-state index contributed by atoms with van der Waals surface area (Å²) >= 11 is 0. The molecule has 4 rings (SSSR count). The lowest BCUT2D eigenvalue weighted by Gasteiger charge is -2.40. The Bertz CT molecular complexity index is 470. The normalized spacial score (nSPS) is 33.3. The summed E-state index contributed by atoms with van der Waals surface area (Å²) in [6, 6.07) is 9.75. The van der Waals surface area contributed by atoms with Gasteiger partial charge in [-0.2, -0.15) is 0 Å². The van der Waals surface area contributed by atoms with E-state index in [0.29, 0.717) is 0 Å². The first-order valence-corrected chi connectivity index (χ1v) is 8.46. The van der Waals surface area contributed by atoms with Gasteiger partial charge >= 0.3 is 0 Å². The molecule has 108 valence electrons. The summed E-state index contributed by atoms with van der Waals surface area (Å²) in [5.41, 5.74) is 2.88. The highest BCUT2D eigenvalue weighted by molar-refractivity contribution is 5.53. The molecule has 0 spiro atoms. The number of hydrogen-bond donors (Lipinski definition) is 1. The molecule has 3 atom stereocenters. The standard InChI is InChI=1S/C18H26N2/c1-2-8-17-16(5-1)11-14(12-19-17)13-20-10-4-7-15-6-3-9-18(15)20/h1-2,5,8,14-15,18-19H,3-4,6-7,9-13H2. The monoisotopic (exact) mass is 270 g/mol. The Kier molecular flexibility index (Phi) is 3.43. The van der Waals surface area contributed by atoms with E-state index in [9.17, 15) is 0 Å². The van der Waals surface area contributed by atoms with Crippen LogP contribution >= 0.6 is 0 Å². The Morgan fingerprint density at radius 1 is 1.10 bits per heavy atom. The SMILES string of the molecule is c1ccc2c(c1)CC(CN1CCCC3CCCC31)CN2. The molecule has 0 bridgehead atoms. The number of benzene rings is 1. The predicted molar refractivity (Wildman–Crippen MR) is 84.1 cm³/mol. The molecule has 1 aromatic rings. The Morgan fingerprint density at radius 3 is 3.00 bits per heavy atom. The molecule has 0 radical (unpaired) electrons. The molecule has 2 heteroatoms. The molecule has 1 saturated carbocycles. The Morgan fingerprint density at radius 2 is 2.00 bits per heavy atom. The summed E-state index contributed by atoms with van der Waals surface area (Å²) in [5.74, 6) is 1.82. The van der Waals surface area contributed by atoms with Crippen LogP contribution in [0, 0.1) is 11.8 Å². The summed E-state index contributed by atoms with van der Waals surface area (Å²) in [4.78, 5) is 2.83. The number of hydrogen-bond acceptors (Lipinski definition) is 2. The number of para-hydroxylation sites is 1. The first kappa shape index (κ1) is 12.7. The summed E-state index contributed by atoms with van der Waals surface area (Å²) in [6.07, 6.45) is 8.60. The molecule has 0 amide bonds. The highest BCUT2D eigenvalue weighted by Crippen LogP contribution is 2.37. The van der Waals surface area contributed by atoms with Gasteiger partial charge < -0.3 is 5.32 Å². The van der Waals surface area contributed by atoms with Crippen molar-refractivity contribution in [3.8, 4) is 0 Å². The highest BCUT2D eigenvalue weighted by atomic mass is 15.2. The number of nitrogens with one attached hydrogen (secondary N) is 1. The average Bonchev–Trinajstić information content (AvgIpc) is 2.97. The Balaban J connectivity index is 1.42. The van der Waals surface area contributed by atoms with Crippen molar-refractivity contribution in [3.63, 3.8) is 0 Å². The quantitative estimate of drug-likeness (QED) is 0.884. The van der Waals surface area contributed by atoms with Crippen molar-refractivity contribution in [1.29, 1.82) is 0 Å². The van der Waals surface area contributed by atoms with Crippen molar-refractivity contribution in [3.05, 3.63) is 29.8 Å². The van der Waals surface area contributed by atoms with Gasteiger partial charge in [-0.1, -0.05) is 24.6 Å². The molecule has 3 unspecified atom stereocenters. The molecule has 2 fully saturated rings. The van der Waals surface area contributed by atoms with Gasteiger partial charge in [0.25, 0.3) is 0 Å². The predicted octanol–water partition coefficient (Wildman–Crippen LogP) is 3.54. The summed E-state index contributed by atoms with van der Waals surface area (Å²) < 4.78 is 0. The van der Waals surface area contributed by atoms with E-state index >= 15 is 0 Å². The van der Waals surface area contributed by atoms with Gasteiger partial charge in [0.1, 0.15) is 0 Å². The van der Waals surface area contributed by atoms with Gasteiger partial charge in [-0.3, -0.25) is 4.90 Å². The van der Waals surface area contributed by atoms with Gasteiger partial charge in [0.15, 0.2) is 0 Å². The van der Waals surface area contributed by atoms with Gasteiger partial charge in [-0.15, -0.1) is 0 Å². The number of likely N-dealkylation sites (tertiary alicyclic amines) is 1. The lowest BCUT2D eigenvalue weighted by Crippen LogP contribution is -2.46. The third-order valence-electron chi connectivity index (χ3n) is 5.71. The Labute approximate surface area is 122 Å². The van der Waals surface area contributed by atoms with Crippen molar-refractivity contribution in [2.45, 2.75) is 44.6 Å². The minimum absolute atomic E-state index is 0.796. The van der Waals surface area contributed by atoms with Crippen LogP contribution in [-0.2, 0) is 6.42 Å². The van der Waals surface area contributed by atoms with Crippen molar-refractivity contribution in [2.24, 2.45) is 11.8 Å². The molecule has 1 saturated heterocycles. The first-order valence-electron chi connectivity index (χ1n) is 8.46. The van der Waals surface area contributed by atoms with Crippen LogP contribution in [0.15, 0.2) is 24.3 Å². The van der Waals surface area contributed by atoms with E-state index in [1.807, 2.05) is 0 Å². The van der Waals surface area contributed by atoms with E-state index in [0.717, 1.165) is 24.4 Å². The minimum Gasteiger partial charge on any atom is -0.384 e. The van der Waals surface area contributed by atoms with Crippen LogP contribution in [0.25, 0.3) is 0 Å². The molecule has 1 aromatic carbocycles. The molecule has 1 aliphatic carbocycles. The van der Waals surface area contributed by atoms with Crippen LogP contribution in [0.2, 0.25) is 0 Å². The van der Waals surface area contributed by atoms with E-state index in [1.54, 1.807) is 0 Å². The molecule has 20 heavy (non-hydrogen) atoms. The second-order valence-electron chi connectivity index (χ2n) is 7.00. The number of nitrogens with zero attached hydrogens (tertiary/aromatic N) is 1. The van der Waals surface area contributed by atoms with E-state index in [-0.39, 0.29) is 0 Å². The van der Waals surface area contributed by atoms with Gasteiger partial charge in [-0.05, 0) is 62.1 Å². The fourth-order valence-corrected chi connectivity index (χ4v) is 4.75. The largest absolute Gasteiger partial charge is 0.384 e. The maximum atomic E-state index is 3.64. The fraction of sp³-hybridized carbons (Fsp3) is 0.667. The third kappa shape index (κ3) is 2.35. The van der Waals surface area contributed by atoms with Crippen LogP contribution < -0.4 is 5.32 Å². The van der Waals surface area contributed by atoms with Gasteiger partial charge in [0, 0.05) is 24.8 Å². The lowest BCUT2D eigenvalue weighted by atomic mass is 9.89. The smallest absolute Gasteiger partial charge is 0.0372 e. The zero-order valence-electron chi connectivity index (χ0n) is 12.4. The topological polar surface area (TPSA) is 15.3 Å². The maximum absolute atomic E-state index is 3.64. The molecular formula is C18H26N2. The molecule has 1 N–H and O–H groups in total. The lowest BCUT2D eigenvalue weighted by molar-refractivity contribution is 0.0958. The second-order valence-corrected chi connectivity index (χ2v) is 7.00. The van der Waals surface area contributed by atoms with Crippen molar-refractivity contribution in [1.82, 2.24) is 4.90 Å². The maximum Gasteiger partial charge on any atom is 0.0372 e. The molecule has 3 aliphatic rings. The molecule has 2 aliphatic heterocycles. The van der Waals surface area contributed by atoms with Gasteiger partial charge in [0.2, 0.25) is 0 Å². The van der Waals surface area contributed by atoms with Crippen molar-refractivity contribution in [2.75, 3.05) is 25.0 Å². The molecule has 2 nitrogen and oxygen atoms in total. The van der Waals surface area contributed by atoms with E-state index in [4.69, 9.17) is 0 Å². The van der Waals surface area contributed by atoms with E-state index in [2.05, 4.69) is 34.5 Å². The van der Waals surface area contributed by atoms with Crippen LogP contribution in [0.5, 0.6) is 0 Å². The number of piperidine rings is 1. The summed E-state index contributed by atoms with van der Waals surface area (Å²) in [5, 5.41) is 3.64. The fourth-order valence-electron chi connectivity index (χ4n) is 4.75. The highest BCUT2D eigenvalue weighted by Gasteiger charge is 2.35. The van der Waals surface area contributed by atoms with Crippen molar-refractivity contribution >= 4 is 5.69 Å². The zero-order valence-corrected chi connectivity index (χ0v) is 12.4. The van der Waals surface area contributed by atoms with Gasteiger partial charge in [-0.25, -0.2) is 0 Å². The summed E-state index contributed by atoms with van der Waals surface area (Å²) in [7, 11) is 0. The Hall–Kier alpha value is -1.02. The van der Waals surface area contributed by atoms with Crippen molar-refractivity contribution < 1.29 is 0 Å². The molecular weight excluding hydrogens is 244 g/mol. The van der Waals surface area contributed by atoms with E-state index < -0.39 is 0 Å². The van der Waals surface area contributed by atoms with Gasteiger partial charge in [0.05, 0.1) is 0 Å².